The van der Waals surface area contributed by atoms with Gasteiger partial charge >= 0.3 is 0 Å². The smallest absolute Gasteiger partial charge is 0.295 e. The lowest BCUT2D eigenvalue weighted by molar-refractivity contribution is 0.102. The number of nitrogens with one attached hydrogen (secondary N) is 2. The number of nitrogens with zero attached hydrogens (tertiary/aromatic N) is 3. The Balaban J connectivity index is 1.58. The Bertz CT molecular complexity index is 1100. The predicted octanol–water partition coefficient (Wildman–Crippen LogP) is 4.76. The number of halogens is 2. The third-order valence-corrected chi connectivity index (χ3v) is 5.50. The van der Waals surface area contributed by atoms with Crippen molar-refractivity contribution in [2.45, 2.75) is 15.7 Å². The largest absolute Gasteiger partial charge is 0.337 e. The first-order valence-electron chi connectivity index (χ1n) is 7.72. The van der Waals surface area contributed by atoms with Crippen LogP contribution in [-0.2, 0) is 0 Å². The zero-order chi connectivity index (χ0) is 18.8. The molecule has 0 saturated carbocycles. The Kier molecular flexibility index (Phi) is 4.82. The number of aromatic amines is 1. The molecular weight excluding hydrogens is 392 g/mol. The number of hydrogen-bond acceptors (Lipinski definition) is 6. The summed E-state index contributed by atoms with van der Waals surface area (Å²) >= 11 is 2.80. The van der Waals surface area contributed by atoms with Gasteiger partial charge in [0.2, 0.25) is 0 Å². The molecule has 1 amide bonds. The molecule has 2 aromatic carbocycles. The number of fused-ring (bicyclic) bond motifs is 1. The topological polar surface area (TPSA) is 83.6 Å². The molecule has 0 aliphatic heterocycles. The number of alkyl halides is 2. The average molecular weight is 403 g/mol. The van der Waals surface area contributed by atoms with E-state index in [1.807, 2.05) is 18.2 Å². The average Bonchev–Trinajstić information content (AvgIpc) is 3.32. The summed E-state index contributed by atoms with van der Waals surface area (Å²) in [7, 11) is 0. The maximum Gasteiger partial charge on any atom is 0.295 e. The van der Waals surface area contributed by atoms with Crippen molar-refractivity contribution < 1.29 is 13.6 Å². The van der Waals surface area contributed by atoms with E-state index in [0.29, 0.717) is 22.3 Å². The molecule has 27 heavy (non-hydrogen) atoms. The summed E-state index contributed by atoms with van der Waals surface area (Å²) in [4.78, 5) is 19.8. The molecule has 0 saturated heterocycles. The van der Waals surface area contributed by atoms with Gasteiger partial charge < -0.3 is 10.3 Å². The number of anilines is 1. The van der Waals surface area contributed by atoms with Crippen molar-refractivity contribution in [3.05, 3.63) is 59.4 Å². The van der Waals surface area contributed by atoms with Gasteiger partial charge in [-0.05, 0) is 30.3 Å². The first-order chi connectivity index (χ1) is 13.1. The Morgan fingerprint density at radius 1 is 1.22 bits per heavy atom. The van der Waals surface area contributed by atoms with Gasteiger partial charge in [-0.15, -0.1) is 10.2 Å². The second-order valence-corrected chi connectivity index (χ2v) is 7.53. The van der Waals surface area contributed by atoms with Crippen molar-refractivity contribution in [2.75, 3.05) is 5.32 Å². The molecule has 4 aromatic rings. The van der Waals surface area contributed by atoms with Crippen LogP contribution >= 0.6 is 23.1 Å². The van der Waals surface area contributed by atoms with E-state index in [0.717, 1.165) is 9.24 Å². The summed E-state index contributed by atoms with van der Waals surface area (Å²) in [5.41, 5.74) is 3.36. The van der Waals surface area contributed by atoms with E-state index in [-0.39, 0.29) is 5.91 Å². The molecule has 0 bridgehead atoms. The number of imidazole rings is 1. The van der Waals surface area contributed by atoms with Crippen molar-refractivity contribution in [1.82, 2.24) is 20.2 Å². The molecule has 136 valence electrons. The van der Waals surface area contributed by atoms with Crippen LogP contribution in [0.15, 0.2) is 57.2 Å². The van der Waals surface area contributed by atoms with Gasteiger partial charge in [0.25, 0.3) is 12.3 Å². The molecule has 0 aliphatic rings. The van der Waals surface area contributed by atoms with Gasteiger partial charge in [-0.1, -0.05) is 35.2 Å². The molecule has 0 spiro atoms. The maximum atomic E-state index is 12.8. The first kappa shape index (κ1) is 17.6. The number of aromatic nitrogens is 4. The summed E-state index contributed by atoms with van der Waals surface area (Å²) in [6.07, 6.45) is -2.70. The number of carbonyl (C=O) groups is 1. The molecule has 10 heteroatoms. The molecule has 0 atom stereocenters. The first-order valence-corrected chi connectivity index (χ1v) is 9.42. The minimum Gasteiger partial charge on any atom is -0.337 e. The van der Waals surface area contributed by atoms with Crippen molar-refractivity contribution in [2.24, 2.45) is 0 Å². The molecule has 0 radical (unpaired) electrons. The predicted molar refractivity (Wildman–Crippen MR) is 99.5 cm³/mol. The number of para-hydroxylation sites is 1. The summed E-state index contributed by atoms with van der Waals surface area (Å²) in [6, 6.07) is 11.9. The van der Waals surface area contributed by atoms with Gasteiger partial charge in [0.05, 0.1) is 16.7 Å². The second-order valence-electron chi connectivity index (χ2n) is 5.41. The quantitative estimate of drug-likeness (QED) is 0.502. The van der Waals surface area contributed by atoms with E-state index in [9.17, 15) is 13.6 Å². The van der Waals surface area contributed by atoms with Gasteiger partial charge in [0.1, 0.15) is 5.51 Å². The summed E-state index contributed by atoms with van der Waals surface area (Å²) < 4.78 is 26.3. The third-order valence-electron chi connectivity index (χ3n) is 3.64. The number of hydrogen-bond donors (Lipinski definition) is 2. The van der Waals surface area contributed by atoms with E-state index >= 15 is 0 Å². The summed E-state index contributed by atoms with van der Waals surface area (Å²) in [5.74, 6) is -0.767. The van der Waals surface area contributed by atoms with E-state index in [4.69, 9.17) is 0 Å². The van der Waals surface area contributed by atoms with Gasteiger partial charge in [-0.2, -0.15) is 0 Å². The van der Waals surface area contributed by atoms with Gasteiger partial charge in [0, 0.05) is 10.5 Å². The molecule has 2 heterocycles. The fourth-order valence-corrected chi connectivity index (χ4v) is 3.95. The van der Waals surface area contributed by atoms with Crippen LogP contribution in [0.3, 0.4) is 0 Å². The highest BCUT2D eigenvalue weighted by Gasteiger charge is 2.15. The van der Waals surface area contributed by atoms with E-state index in [2.05, 4.69) is 25.5 Å². The lowest BCUT2D eigenvalue weighted by Gasteiger charge is -2.09. The van der Waals surface area contributed by atoms with Crippen molar-refractivity contribution in [3.8, 4) is 0 Å². The summed E-state index contributed by atoms with van der Waals surface area (Å²) in [5, 5.41) is 10.6. The van der Waals surface area contributed by atoms with Crippen LogP contribution in [0.1, 0.15) is 22.6 Å². The zero-order valence-electron chi connectivity index (χ0n) is 13.5. The molecule has 0 aliphatic carbocycles. The number of carbonyl (C=O) groups excluding carboxylic acids is 1. The van der Waals surface area contributed by atoms with Crippen molar-refractivity contribution in [1.29, 1.82) is 0 Å². The SMILES string of the molecule is O=C(Nc1ccccc1Sc1nncs1)c1ccc2nc(C(F)F)[nH]c2c1. The Hall–Kier alpha value is -2.85. The zero-order valence-corrected chi connectivity index (χ0v) is 15.2. The van der Waals surface area contributed by atoms with Crippen molar-refractivity contribution >= 4 is 45.7 Å². The minimum absolute atomic E-state index is 0.336. The minimum atomic E-state index is -2.70. The van der Waals surface area contributed by atoms with Crippen LogP contribution in [0.2, 0.25) is 0 Å². The molecule has 2 aromatic heterocycles. The molecule has 4 rings (SSSR count). The maximum absolute atomic E-state index is 12.8. The molecule has 0 unspecified atom stereocenters. The van der Waals surface area contributed by atoms with E-state index in [1.54, 1.807) is 17.6 Å². The molecule has 0 fully saturated rings. The molecule has 6 nitrogen and oxygen atoms in total. The fraction of sp³-hybridized carbons (Fsp3) is 0.0588. The van der Waals surface area contributed by atoms with Crippen LogP contribution < -0.4 is 5.32 Å². The highest BCUT2D eigenvalue weighted by molar-refractivity contribution is 8.01. The van der Waals surface area contributed by atoms with Crippen LogP contribution in [0.4, 0.5) is 14.5 Å². The Labute approximate surface area is 160 Å². The van der Waals surface area contributed by atoms with E-state index < -0.39 is 12.2 Å². The van der Waals surface area contributed by atoms with E-state index in [1.165, 1.54) is 35.2 Å². The Morgan fingerprint density at radius 2 is 2.07 bits per heavy atom. The van der Waals surface area contributed by atoms with Gasteiger partial charge in [-0.25, -0.2) is 13.8 Å². The number of benzene rings is 2. The summed E-state index contributed by atoms with van der Waals surface area (Å²) in [6.45, 7) is 0. The Morgan fingerprint density at radius 3 is 2.85 bits per heavy atom. The van der Waals surface area contributed by atoms with Crippen LogP contribution in [0, 0.1) is 0 Å². The highest BCUT2D eigenvalue weighted by Crippen LogP contribution is 2.34. The molecular formula is C17H11F2N5OS2. The van der Waals surface area contributed by atoms with Crippen LogP contribution in [-0.4, -0.2) is 26.1 Å². The molecule has 2 N–H and O–H groups in total. The normalized spacial score (nSPS) is 11.2. The highest BCUT2D eigenvalue weighted by atomic mass is 32.2. The number of amides is 1. The number of H-pyrrole nitrogens is 1. The van der Waals surface area contributed by atoms with Gasteiger partial charge in [-0.3, -0.25) is 4.79 Å². The van der Waals surface area contributed by atoms with Gasteiger partial charge in [0.15, 0.2) is 10.2 Å². The number of rotatable bonds is 5. The lowest BCUT2D eigenvalue weighted by Crippen LogP contribution is -2.12. The van der Waals surface area contributed by atoms with Crippen LogP contribution in [0.5, 0.6) is 0 Å². The van der Waals surface area contributed by atoms with Crippen LogP contribution in [0.25, 0.3) is 11.0 Å². The monoisotopic (exact) mass is 403 g/mol. The second kappa shape index (κ2) is 7.41. The standard InChI is InChI=1S/C17H11F2N5OS2/c18-14(19)15-21-10-6-5-9(7-12(10)22-15)16(25)23-11-3-1-2-4-13(11)27-17-24-20-8-26-17/h1-8,14H,(H,21,22)(H,23,25). The van der Waals surface area contributed by atoms with Crippen molar-refractivity contribution in [3.63, 3.8) is 0 Å². The third kappa shape index (κ3) is 3.81. The lowest BCUT2D eigenvalue weighted by atomic mass is 10.2. The fourth-order valence-electron chi connectivity index (χ4n) is 2.43.